The summed E-state index contributed by atoms with van der Waals surface area (Å²) in [6.45, 7) is 2.01. The van der Waals surface area contributed by atoms with E-state index in [9.17, 15) is 14.4 Å². The highest BCUT2D eigenvalue weighted by Gasteiger charge is 2.06. The molecule has 7 nitrogen and oxygen atoms in total. The molecular weight excluding hydrogens is 348 g/mol. The monoisotopic (exact) mass is 370 g/mol. The quantitative estimate of drug-likeness (QED) is 0.413. The molecule has 0 radical (unpaired) electrons. The van der Waals surface area contributed by atoms with Crippen molar-refractivity contribution in [3.8, 4) is 0 Å². The van der Waals surface area contributed by atoms with Gasteiger partial charge in [0.1, 0.15) is 0 Å². The number of pyridine rings is 1. The number of aromatic nitrogens is 1. The molecule has 0 saturated carbocycles. The van der Waals surface area contributed by atoms with Crippen LogP contribution in [-0.2, 0) is 23.9 Å². The summed E-state index contributed by atoms with van der Waals surface area (Å²) in [5, 5.41) is 3.54. The van der Waals surface area contributed by atoms with Crippen LogP contribution < -0.4 is 5.32 Å². The summed E-state index contributed by atoms with van der Waals surface area (Å²) in [6, 6.07) is 9.43. The highest BCUT2D eigenvalue weighted by molar-refractivity contribution is 5.93. The highest BCUT2D eigenvalue weighted by atomic mass is 16.5. The lowest BCUT2D eigenvalue weighted by Gasteiger charge is -2.05. The molecule has 1 amide bonds. The third kappa shape index (κ3) is 6.89. The number of ether oxygens (including phenoxy) is 2. The zero-order valence-electron chi connectivity index (χ0n) is 15.1. The summed E-state index contributed by atoms with van der Waals surface area (Å²) in [7, 11) is 0. The number of para-hydroxylation sites is 1. The van der Waals surface area contributed by atoms with Crippen molar-refractivity contribution in [1.29, 1.82) is 0 Å². The Morgan fingerprint density at radius 2 is 1.96 bits per heavy atom. The summed E-state index contributed by atoms with van der Waals surface area (Å²) in [4.78, 5) is 38.9. The zero-order chi connectivity index (χ0) is 19.5. The molecule has 0 unspecified atom stereocenters. The summed E-state index contributed by atoms with van der Waals surface area (Å²) in [5.41, 5.74) is 1.57. The van der Waals surface area contributed by atoms with Crippen molar-refractivity contribution in [3.63, 3.8) is 0 Å². The molecule has 0 atom stereocenters. The van der Waals surface area contributed by atoms with E-state index >= 15 is 0 Å². The Morgan fingerprint density at radius 3 is 2.78 bits per heavy atom. The Balaban J connectivity index is 1.73. The van der Waals surface area contributed by atoms with Gasteiger partial charge in [-0.15, -0.1) is 0 Å². The topological polar surface area (TPSA) is 94.6 Å². The maximum Gasteiger partial charge on any atom is 0.331 e. The van der Waals surface area contributed by atoms with Gasteiger partial charge < -0.3 is 14.8 Å². The predicted molar refractivity (Wildman–Crippen MR) is 101 cm³/mol. The molecule has 0 saturated heterocycles. The molecule has 27 heavy (non-hydrogen) atoms. The molecule has 0 aliphatic carbocycles. The van der Waals surface area contributed by atoms with Gasteiger partial charge in [-0.1, -0.05) is 24.3 Å². The standard InChI is InChI=1S/C20H22N2O5/c1-2-26-18(24)9-5-12-21-17(23)14-27-19(25)11-10-16-7-3-6-15-8-4-13-22-20(15)16/h3-4,6-8,10-11,13H,2,5,9,12,14H2,1H3,(H,21,23)/b11-10+. The summed E-state index contributed by atoms with van der Waals surface area (Å²) >= 11 is 0. The molecule has 2 aromatic rings. The van der Waals surface area contributed by atoms with Crippen molar-refractivity contribution in [2.45, 2.75) is 19.8 Å². The number of nitrogens with zero attached hydrogens (tertiary/aromatic N) is 1. The van der Waals surface area contributed by atoms with Crippen LogP contribution in [-0.4, -0.2) is 42.6 Å². The van der Waals surface area contributed by atoms with Gasteiger partial charge in [0.25, 0.3) is 5.91 Å². The van der Waals surface area contributed by atoms with Crippen LogP contribution in [0.2, 0.25) is 0 Å². The number of carbonyl (C=O) groups excluding carboxylic acids is 3. The van der Waals surface area contributed by atoms with E-state index in [4.69, 9.17) is 9.47 Å². The first-order chi connectivity index (χ1) is 13.1. The molecule has 0 aliphatic heterocycles. The molecule has 7 heteroatoms. The third-order valence-electron chi connectivity index (χ3n) is 3.59. The molecule has 142 valence electrons. The van der Waals surface area contributed by atoms with Crippen LogP contribution in [0.5, 0.6) is 0 Å². The maximum atomic E-state index is 11.8. The number of carbonyl (C=O) groups is 3. The summed E-state index contributed by atoms with van der Waals surface area (Å²) in [5.74, 6) is -1.34. The third-order valence-corrected chi connectivity index (χ3v) is 3.59. The number of esters is 2. The van der Waals surface area contributed by atoms with Crippen LogP contribution in [0.15, 0.2) is 42.6 Å². The SMILES string of the molecule is CCOC(=O)CCCNC(=O)COC(=O)/C=C/c1cccc2cccnc12. The van der Waals surface area contributed by atoms with Gasteiger partial charge in [0.15, 0.2) is 6.61 Å². The Kier molecular flexibility index (Phi) is 7.96. The van der Waals surface area contributed by atoms with Crippen LogP contribution in [0, 0.1) is 0 Å². The Bertz CT molecular complexity index is 827. The van der Waals surface area contributed by atoms with E-state index in [1.807, 2.05) is 30.3 Å². The van der Waals surface area contributed by atoms with Gasteiger partial charge in [0.05, 0.1) is 12.1 Å². The van der Waals surface area contributed by atoms with Gasteiger partial charge in [0.2, 0.25) is 0 Å². The van der Waals surface area contributed by atoms with E-state index in [1.165, 1.54) is 6.08 Å². The van der Waals surface area contributed by atoms with Crippen molar-refractivity contribution in [1.82, 2.24) is 10.3 Å². The minimum Gasteiger partial charge on any atom is -0.466 e. The number of benzene rings is 1. The predicted octanol–water partition coefficient (Wildman–Crippen LogP) is 2.25. The van der Waals surface area contributed by atoms with E-state index in [-0.39, 0.29) is 19.0 Å². The second-order valence-electron chi connectivity index (χ2n) is 5.62. The number of hydrogen-bond acceptors (Lipinski definition) is 6. The first kappa shape index (κ1) is 20.1. The van der Waals surface area contributed by atoms with Gasteiger partial charge in [0, 0.05) is 36.2 Å². The Labute approximate surface area is 157 Å². The normalized spacial score (nSPS) is 10.7. The molecule has 1 heterocycles. The zero-order valence-corrected chi connectivity index (χ0v) is 15.1. The first-order valence-corrected chi connectivity index (χ1v) is 8.71. The minimum atomic E-state index is -0.621. The smallest absolute Gasteiger partial charge is 0.331 e. The fourth-order valence-electron chi connectivity index (χ4n) is 2.35. The van der Waals surface area contributed by atoms with E-state index < -0.39 is 11.9 Å². The van der Waals surface area contributed by atoms with Gasteiger partial charge in [-0.2, -0.15) is 0 Å². The molecule has 2 rings (SSSR count). The maximum absolute atomic E-state index is 11.8. The Hall–Kier alpha value is -3.22. The van der Waals surface area contributed by atoms with E-state index in [2.05, 4.69) is 10.3 Å². The largest absolute Gasteiger partial charge is 0.466 e. The second kappa shape index (κ2) is 10.7. The van der Waals surface area contributed by atoms with Crippen molar-refractivity contribution >= 4 is 34.8 Å². The number of fused-ring (bicyclic) bond motifs is 1. The molecule has 1 aromatic heterocycles. The molecule has 1 aromatic carbocycles. The summed E-state index contributed by atoms with van der Waals surface area (Å²) < 4.78 is 9.69. The van der Waals surface area contributed by atoms with Crippen LogP contribution >= 0.6 is 0 Å². The van der Waals surface area contributed by atoms with Crippen molar-refractivity contribution < 1.29 is 23.9 Å². The Morgan fingerprint density at radius 1 is 1.15 bits per heavy atom. The average Bonchev–Trinajstić information content (AvgIpc) is 2.68. The van der Waals surface area contributed by atoms with Crippen molar-refractivity contribution in [2.24, 2.45) is 0 Å². The lowest BCUT2D eigenvalue weighted by atomic mass is 10.1. The molecular formula is C20H22N2O5. The molecule has 1 N–H and O–H groups in total. The number of amides is 1. The van der Waals surface area contributed by atoms with E-state index in [1.54, 1.807) is 19.2 Å². The van der Waals surface area contributed by atoms with Gasteiger partial charge >= 0.3 is 11.9 Å². The van der Waals surface area contributed by atoms with Crippen molar-refractivity contribution in [3.05, 3.63) is 48.2 Å². The van der Waals surface area contributed by atoms with Crippen LogP contribution in [0.4, 0.5) is 0 Å². The van der Waals surface area contributed by atoms with Gasteiger partial charge in [-0.3, -0.25) is 14.6 Å². The minimum absolute atomic E-state index is 0.232. The van der Waals surface area contributed by atoms with Gasteiger partial charge in [-0.25, -0.2) is 4.79 Å². The summed E-state index contributed by atoms with van der Waals surface area (Å²) in [6.07, 6.45) is 5.25. The molecule has 0 fully saturated rings. The number of hydrogen-bond donors (Lipinski definition) is 1. The average molecular weight is 370 g/mol. The van der Waals surface area contributed by atoms with E-state index in [0.29, 0.717) is 19.6 Å². The molecule has 0 spiro atoms. The molecule has 0 aliphatic rings. The highest BCUT2D eigenvalue weighted by Crippen LogP contribution is 2.17. The fraction of sp³-hybridized carbons (Fsp3) is 0.300. The lowest BCUT2D eigenvalue weighted by Crippen LogP contribution is -2.29. The fourth-order valence-corrected chi connectivity index (χ4v) is 2.35. The van der Waals surface area contributed by atoms with Gasteiger partial charge in [-0.05, 0) is 25.5 Å². The second-order valence-corrected chi connectivity index (χ2v) is 5.62. The number of rotatable bonds is 9. The van der Waals surface area contributed by atoms with Crippen LogP contribution in [0.3, 0.4) is 0 Å². The lowest BCUT2D eigenvalue weighted by molar-refractivity contribution is -0.143. The van der Waals surface area contributed by atoms with Crippen molar-refractivity contribution in [2.75, 3.05) is 19.8 Å². The molecule has 0 bridgehead atoms. The van der Waals surface area contributed by atoms with Crippen LogP contribution in [0.25, 0.3) is 17.0 Å². The number of nitrogens with one attached hydrogen (secondary N) is 1. The van der Waals surface area contributed by atoms with Crippen LogP contribution in [0.1, 0.15) is 25.3 Å². The van der Waals surface area contributed by atoms with E-state index in [0.717, 1.165) is 16.5 Å². The first-order valence-electron chi connectivity index (χ1n) is 8.71.